The number of benzene rings is 1. The molecule has 0 amide bonds. The van der Waals surface area contributed by atoms with E-state index < -0.39 is 0 Å². The van der Waals surface area contributed by atoms with E-state index in [-0.39, 0.29) is 10.7 Å². The fourth-order valence-electron chi connectivity index (χ4n) is 2.44. The van der Waals surface area contributed by atoms with Crippen molar-refractivity contribution in [3.63, 3.8) is 0 Å². The Bertz CT molecular complexity index is 787. The van der Waals surface area contributed by atoms with Gasteiger partial charge in [0.15, 0.2) is 0 Å². The molecule has 3 rings (SSSR count). The maximum atomic E-state index is 11.2. The van der Waals surface area contributed by atoms with E-state index in [0.29, 0.717) is 5.56 Å². The van der Waals surface area contributed by atoms with E-state index >= 15 is 0 Å². The largest absolute Gasteiger partial charge is 0.358 e. The first-order valence-electron chi connectivity index (χ1n) is 5.74. The van der Waals surface area contributed by atoms with Crippen molar-refractivity contribution in [2.75, 3.05) is 0 Å². The highest BCUT2D eigenvalue weighted by Gasteiger charge is 2.19. The van der Waals surface area contributed by atoms with E-state index in [1.165, 1.54) is 0 Å². The van der Waals surface area contributed by atoms with Crippen molar-refractivity contribution in [1.82, 2.24) is 4.40 Å². The maximum absolute atomic E-state index is 11.2. The van der Waals surface area contributed by atoms with Crippen LogP contribution in [0.25, 0.3) is 16.4 Å². The highest BCUT2D eigenvalue weighted by molar-refractivity contribution is 5.85. The molecule has 0 aliphatic carbocycles. The first-order chi connectivity index (χ1) is 8.58. The molecular formula is C14H12N2O2. The third kappa shape index (κ3) is 1.39. The molecule has 2 aromatic heterocycles. The number of hydrogen-bond donors (Lipinski definition) is 0. The standard InChI is InChI=1S/C14H12N2O2/c1-9-3-6-13-11(7-9)4-5-12-8-10(2)14(15(12)13)16(17)18/h3-8H,1-2H3. The maximum Gasteiger partial charge on any atom is 0.331 e. The number of pyridine rings is 1. The molecule has 0 unspecified atom stereocenters. The molecule has 0 aliphatic rings. The summed E-state index contributed by atoms with van der Waals surface area (Å²) in [5.74, 6) is 0.152. The normalized spacial score (nSPS) is 11.2. The third-order valence-electron chi connectivity index (χ3n) is 3.22. The second-order valence-corrected chi connectivity index (χ2v) is 4.56. The fraction of sp³-hybridized carbons (Fsp3) is 0.143. The Kier molecular flexibility index (Phi) is 2.13. The Hall–Kier alpha value is -2.36. The minimum atomic E-state index is -0.318. The Morgan fingerprint density at radius 3 is 2.61 bits per heavy atom. The summed E-state index contributed by atoms with van der Waals surface area (Å²) in [4.78, 5) is 10.9. The molecule has 18 heavy (non-hydrogen) atoms. The Morgan fingerprint density at radius 1 is 1.11 bits per heavy atom. The van der Waals surface area contributed by atoms with Crippen LogP contribution in [0.1, 0.15) is 11.1 Å². The molecule has 4 heteroatoms. The minimum absolute atomic E-state index is 0.152. The van der Waals surface area contributed by atoms with E-state index in [1.54, 1.807) is 11.3 Å². The van der Waals surface area contributed by atoms with Crippen LogP contribution in [0.4, 0.5) is 5.82 Å². The van der Waals surface area contributed by atoms with Gasteiger partial charge in [-0.15, -0.1) is 0 Å². The molecule has 1 aromatic carbocycles. The van der Waals surface area contributed by atoms with Crippen LogP contribution in [0.2, 0.25) is 0 Å². The van der Waals surface area contributed by atoms with Crippen LogP contribution in [0, 0.1) is 24.0 Å². The van der Waals surface area contributed by atoms with Crippen LogP contribution >= 0.6 is 0 Å². The molecule has 0 bridgehead atoms. The topological polar surface area (TPSA) is 47.5 Å². The monoisotopic (exact) mass is 240 g/mol. The first kappa shape index (κ1) is 10.8. The van der Waals surface area contributed by atoms with Crippen LogP contribution in [0.3, 0.4) is 0 Å². The summed E-state index contributed by atoms with van der Waals surface area (Å²) in [5, 5.41) is 12.2. The number of nitro groups is 1. The van der Waals surface area contributed by atoms with Gasteiger partial charge >= 0.3 is 5.82 Å². The van der Waals surface area contributed by atoms with Gasteiger partial charge in [0.25, 0.3) is 0 Å². The molecule has 0 saturated carbocycles. The second kappa shape index (κ2) is 3.57. The van der Waals surface area contributed by atoms with Gasteiger partial charge < -0.3 is 10.1 Å². The van der Waals surface area contributed by atoms with Crippen molar-refractivity contribution in [3.05, 3.63) is 57.6 Å². The molecule has 0 fully saturated rings. The lowest BCUT2D eigenvalue weighted by Crippen LogP contribution is -1.97. The van der Waals surface area contributed by atoms with E-state index in [0.717, 1.165) is 22.0 Å². The molecule has 2 heterocycles. The van der Waals surface area contributed by atoms with Crippen LogP contribution in [0.15, 0.2) is 36.4 Å². The number of aromatic nitrogens is 1. The first-order valence-corrected chi connectivity index (χ1v) is 5.74. The predicted molar refractivity (Wildman–Crippen MR) is 71.0 cm³/mol. The third-order valence-corrected chi connectivity index (χ3v) is 3.22. The molecule has 0 aliphatic heterocycles. The molecule has 0 atom stereocenters. The molecule has 90 valence electrons. The van der Waals surface area contributed by atoms with Crippen LogP contribution in [0.5, 0.6) is 0 Å². The molecule has 0 saturated heterocycles. The van der Waals surface area contributed by atoms with Gasteiger partial charge in [0.2, 0.25) is 0 Å². The summed E-state index contributed by atoms with van der Waals surface area (Å²) in [6.07, 6.45) is 0. The number of rotatable bonds is 1. The van der Waals surface area contributed by atoms with Gasteiger partial charge in [0, 0.05) is 10.9 Å². The van der Waals surface area contributed by atoms with Gasteiger partial charge in [0.1, 0.15) is 11.0 Å². The zero-order chi connectivity index (χ0) is 12.9. The lowest BCUT2D eigenvalue weighted by atomic mass is 10.1. The lowest BCUT2D eigenvalue weighted by molar-refractivity contribution is -0.390. The summed E-state index contributed by atoms with van der Waals surface area (Å²) in [6.45, 7) is 3.78. The van der Waals surface area contributed by atoms with Crippen molar-refractivity contribution < 1.29 is 4.92 Å². The van der Waals surface area contributed by atoms with Gasteiger partial charge in [-0.2, -0.15) is 4.40 Å². The molecule has 0 radical (unpaired) electrons. The fourth-order valence-corrected chi connectivity index (χ4v) is 2.44. The number of aryl methyl sites for hydroxylation is 2. The smallest absolute Gasteiger partial charge is 0.331 e. The number of nitrogens with zero attached hydrogens (tertiary/aromatic N) is 2. The summed E-state index contributed by atoms with van der Waals surface area (Å²) >= 11 is 0. The van der Waals surface area contributed by atoms with Crippen molar-refractivity contribution in [2.24, 2.45) is 0 Å². The quantitative estimate of drug-likeness (QED) is 0.481. The zero-order valence-corrected chi connectivity index (χ0v) is 10.2. The van der Waals surface area contributed by atoms with Crippen molar-refractivity contribution in [1.29, 1.82) is 0 Å². The van der Waals surface area contributed by atoms with E-state index in [9.17, 15) is 10.1 Å². The average Bonchev–Trinajstić information content (AvgIpc) is 2.65. The molecule has 0 spiro atoms. The van der Waals surface area contributed by atoms with Gasteiger partial charge in [-0.1, -0.05) is 11.6 Å². The molecule has 4 nitrogen and oxygen atoms in total. The summed E-state index contributed by atoms with van der Waals surface area (Å²) in [5.41, 5.74) is 3.56. The highest BCUT2D eigenvalue weighted by Crippen LogP contribution is 2.28. The van der Waals surface area contributed by atoms with Crippen LogP contribution < -0.4 is 0 Å². The van der Waals surface area contributed by atoms with Gasteiger partial charge in [0.05, 0.1) is 0 Å². The van der Waals surface area contributed by atoms with E-state index in [2.05, 4.69) is 0 Å². The van der Waals surface area contributed by atoms with Crippen LogP contribution in [-0.4, -0.2) is 9.32 Å². The molecule has 0 N–H and O–H groups in total. The van der Waals surface area contributed by atoms with Crippen molar-refractivity contribution in [2.45, 2.75) is 13.8 Å². The summed E-state index contributed by atoms with van der Waals surface area (Å²) in [6, 6.07) is 11.7. The Balaban J connectivity index is 2.56. The van der Waals surface area contributed by atoms with Crippen LogP contribution in [-0.2, 0) is 0 Å². The number of fused-ring (bicyclic) bond motifs is 3. The highest BCUT2D eigenvalue weighted by atomic mass is 16.6. The average molecular weight is 240 g/mol. The summed E-state index contributed by atoms with van der Waals surface area (Å²) in [7, 11) is 0. The summed E-state index contributed by atoms with van der Waals surface area (Å²) < 4.78 is 1.71. The minimum Gasteiger partial charge on any atom is -0.358 e. The van der Waals surface area contributed by atoms with Crippen molar-refractivity contribution >= 4 is 22.2 Å². The van der Waals surface area contributed by atoms with Gasteiger partial charge in [-0.25, -0.2) is 0 Å². The second-order valence-electron chi connectivity index (χ2n) is 4.56. The van der Waals surface area contributed by atoms with Gasteiger partial charge in [-0.05, 0) is 49.1 Å². The molecule has 3 aromatic rings. The Morgan fingerprint density at radius 2 is 1.89 bits per heavy atom. The SMILES string of the molecule is Cc1ccc2c(ccc3cc(C)c([N+](=O)[O-])n32)c1. The zero-order valence-electron chi connectivity index (χ0n) is 10.2. The number of hydrogen-bond acceptors (Lipinski definition) is 2. The van der Waals surface area contributed by atoms with E-state index in [1.807, 2.05) is 43.3 Å². The lowest BCUT2D eigenvalue weighted by Gasteiger charge is -2.02. The van der Waals surface area contributed by atoms with Gasteiger partial charge in [-0.3, -0.25) is 0 Å². The Labute approximate surface area is 104 Å². The molecular weight excluding hydrogens is 228 g/mol. The van der Waals surface area contributed by atoms with Crippen molar-refractivity contribution in [3.8, 4) is 0 Å². The predicted octanol–water partition coefficient (Wildman–Crippen LogP) is 3.62. The van der Waals surface area contributed by atoms with E-state index in [4.69, 9.17) is 0 Å².